The zero-order chi connectivity index (χ0) is 16.4. The van der Waals surface area contributed by atoms with Crippen molar-refractivity contribution >= 4 is 0 Å². The lowest BCUT2D eigenvalue weighted by Gasteiger charge is -2.34. The van der Waals surface area contributed by atoms with Crippen LogP contribution in [0.3, 0.4) is 0 Å². The van der Waals surface area contributed by atoms with Crippen molar-refractivity contribution in [2.24, 2.45) is 5.92 Å². The minimum absolute atomic E-state index is 0.342. The highest BCUT2D eigenvalue weighted by atomic mass is 16.3. The van der Waals surface area contributed by atoms with Crippen LogP contribution >= 0.6 is 0 Å². The summed E-state index contributed by atoms with van der Waals surface area (Å²) in [5.74, 6) is 2.07. The second-order valence-electron chi connectivity index (χ2n) is 7.26. The van der Waals surface area contributed by atoms with Crippen molar-refractivity contribution in [2.45, 2.75) is 50.7 Å². The van der Waals surface area contributed by atoms with Crippen LogP contribution in [0.1, 0.15) is 61.1 Å². The van der Waals surface area contributed by atoms with E-state index in [2.05, 4.69) is 9.88 Å². The van der Waals surface area contributed by atoms with Crippen molar-refractivity contribution in [3.8, 4) is 0 Å². The quantitative estimate of drug-likeness (QED) is 0.905. The van der Waals surface area contributed by atoms with Crippen molar-refractivity contribution < 1.29 is 9.52 Å². The van der Waals surface area contributed by atoms with Gasteiger partial charge in [-0.3, -0.25) is 4.90 Å². The van der Waals surface area contributed by atoms with Gasteiger partial charge in [-0.15, -0.1) is 0 Å². The molecule has 0 spiro atoms. The topological polar surface area (TPSA) is 49.5 Å². The van der Waals surface area contributed by atoms with E-state index in [0.717, 1.165) is 49.5 Å². The maximum absolute atomic E-state index is 10.6. The molecule has 4 heteroatoms. The van der Waals surface area contributed by atoms with E-state index < -0.39 is 0 Å². The molecule has 0 radical (unpaired) electrons. The van der Waals surface area contributed by atoms with Crippen molar-refractivity contribution in [3.05, 3.63) is 53.7 Å². The van der Waals surface area contributed by atoms with Crippen LogP contribution in [0.15, 0.2) is 41.1 Å². The number of hydrogen-bond donors (Lipinski definition) is 1. The van der Waals surface area contributed by atoms with Crippen LogP contribution < -0.4 is 0 Å². The molecule has 24 heavy (non-hydrogen) atoms. The highest BCUT2D eigenvalue weighted by molar-refractivity contribution is 5.18. The average molecular weight is 326 g/mol. The van der Waals surface area contributed by atoms with E-state index in [1.807, 2.05) is 30.3 Å². The van der Waals surface area contributed by atoms with Crippen molar-refractivity contribution in [1.29, 1.82) is 0 Å². The summed E-state index contributed by atoms with van der Waals surface area (Å²) < 4.78 is 5.65. The van der Waals surface area contributed by atoms with E-state index in [4.69, 9.17) is 4.42 Å². The first kappa shape index (κ1) is 15.9. The number of likely N-dealkylation sites (tertiary alicyclic amines) is 1. The molecule has 1 aliphatic heterocycles. The molecule has 1 aliphatic carbocycles. The summed E-state index contributed by atoms with van der Waals surface area (Å²) in [7, 11) is 0. The Balaban J connectivity index is 1.32. The summed E-state index contributed by atoms with van der Waals surface area (Å²) in [4.78, 5) is 6.91. The molecule has 2 aromatic rings. The van der Waals surface area contributed by atoms with Gasteiger partial charge in [0.1, 0.15) is 5.76 Å². The average Bonchev–Trinajstić information content (AvgIpc) is 3.02. The molecule has 4 rings (SSSR count). The highest BCUT2D eigenvalue weighted by Gasteiger charge is 2.29. The van der Waals surface area contributed by atoms with E-state index in [9.17, 15) is 5.11 Å². The second-order valence-corrected chi connectivity index (χ2v) is 7.26. The number of nitrogens with zero attached hydrogens (tertiary/aromatic N) is 2. The third-order valence-corrected chi connectivity index (χ3v) is 5.74. The van der Waals surface area contributed by atoms with E-state index in [-0.39, 0.29) is 6.10 Å². The SMILES string of the molecule is OC(c1ccccc1)C1CCN(Cc2ncoc2C2CCC2)CC1. The Morgan fingerprint density at radius 1 is 1.12 bits per heavy atom. The Bertz CT molecular complexity index is 643. The number of hydrogen-bond acceptors (Lipinski definition) is 4. The highest BCUT2D eigenvalue weighted by Crippen LogP contribution is 2.38. The lowest BCUT2D eigenvalue weighted by Crippen LogP contribution is -2.35. The molecule has 1 aromatic heterocycles. The van der Waals surface area contributed by atoms with Gasteiger partial charge < -0.3 is 9.52 Å². The number of oxazole rings is 1. The number of aliphatic hydroxyl groups excluding tert-OH is 1. The summed E-state index contributed by atoms with van der Waals surface area (Å²) >= 11 is 0. The van der Waals surface area contributed by atoms with Crippen LogP contribution in [0.25, 0.3) is 0 Å². The lowest BCUT2D eigenvalue weighted by atomic mass is 9.82. The Morgan fingerprint density at radius 2 is 1.88 bits per heavy atom. The maximum atomic E-state index is 10.6. The molecule has 1 unspecified atom stereocenters. The predicted octanol–water partition coefficient (Wildman–Crippen LogP) is 3.89. The van der Waals surface area contributed by atoms with Gasteiger partial charge in [0.25, 0.3) is 0 Å². The Kier molecular flexibility index (Phi) is 4.67. The zero-order valence-corrected chi connectivity index (χ0v) is 14.1. The van der Waals surface area contributed by atoms with Gasteiger partial charge in [-0.2, -0.15) is 0 Å². The molecule has 1 N–H and O–H groups in total. The normalized spacial score (nSPS) is 21.5. The summed E-state index contributed by atoms with van der Waals surface area (Å²) in [6, 6.07) is 10.0. The van der Waals surface area contributed by atoms with E-state index in [0.29, 0.717) is 11.8 Å². The molecule has 1 saturated carbocycles. The van der Waals surface area contributed by atoms with Gasteiger partial charge in [0, 0.05) is 12.5 Å². The largest absolute Gasteiger partial charge is 0.448 e. The maximum Gasteiger partial charge on any atom is 0.181 e. The summed E-state index contributed by atoms with van der Waals surface area (Å²) in [5.41, 5.74) is 2.17. The number of benzene rings is 1. The molecule has 128 valence electrons. The number of piperidine rings is 1. The van der Waals surface area contributed by atoms with Gasteiger partial charge in [-0.05, 0) is 50.3 Å². The minimum Gasteiger partial charge on any atom is -0.448 e. The third-order valence-electron chi connectivity index (χ3n) is 5.74. The van der Waals surface area contributed by atoms with Gasteiger partial charge in [-0.1, -0.05) is 36.8 Å². The summed E-state index contributed by atoms with van der Waals surface area (Å²) in [6.45, 7) is 2.92. The van der Waals surface area contributed by atoms with Gasteiger partial charge in [0.2, 0.25) is 0 Å². The van der Waals surface area contributed by atoms with Crippen LogP contribution in [0.5, 0.6) is 0 Å². The Labute approximate surface area is 143 Å². The number of aliphatic hydroxyl groups is 1. The molecule has 2 fully saturated rings. The first-order chi connectivity index (χ1) is 11.8. The molecule has 1 saturated heterocycles. The van der Waals surface area contributed by atoms with Crippen LogP contribution in [0.4, 0.5) is 0 Å². The Morgan fingerprint density at radius 3 is 2.54 bits per heavy atom. The third kappa shape index (κ3) is 3.26. The smallest absolute Gasteiger partial charge is 0.181 e. The standard InChI is InChI=1S/C20H26N2O2/c23-19(15-5-2-1-3-6-15)16-9-11-22(12-10-16)13-18-20(24-14-21-18)17-7-4-8-17/h1-3,5-6,14,16-17,19,23H,4,7-13H2. The molecule has 0 amide bonds. The van der Waals surface area contributed by atoms with E-state index >= 15 is 0 Å². The first-order valence-corrected chi connectivity index (χ1v) is 9.19. The second kappa shape index (κ2) is 7.08. The number of rotatable bonds is 5. The molecule has 0 bridgehead atoms. The van der Waals surface area contributed by atoms with Gasteiger partial charge in [-0.25, -0.2) is 4.98 Å². The van der Waals surface area contributed by atoms with Crippen molar-refractivity contribution in [2.75, 3.05) is 13.1 Å². The van der Waals surface area contributed by atoms with Gasteiger partial charge >= 0.3 is 0 Å². The van der Waals surface area contributed by atoms with Crippen LogP contribution in [0.2, 0.25) is 0 Å². The fraction of sp³-hybridized carbons (Fsp3) is 0.550. The predicted molar refractivity (Wildman–Crippen MR) is 92.5 cm³/mol. The fourth-order valence-electron chi connectivity index (χ4n) is 3.96. The fourth-order valence-corrected chi connectivity index (χ4v) is 3.96. The van der Waals surface area contributed by atoms with Crippen molar-refractivity contribution in [3.63, 3.8) is 0 Å². The molecular weight excluding hydrogens is 300 g/mol. The van der Waals surface area contributed by atoms with E-state index in [1.54, 1.807) is 6.39 Å². The Hall–Kier alpha value is -1.65. The first-order valence-electron chi connectivity index (χ1n) is 9.19. The molecule has 2 heterocycles. The number of aromatic nitrogens is 1. The molecule has 1 atom stereocenters. The summed E-state index contributed by atoms with van der Waals surface area (Å²) in [5, 5.41) is 10.6. The summed E-state index contributed by atoms with van der Waals surface area (Å²) in [6.07, 6.45) is 7.13. The molecule has 1 aromatic carbocycles. The van der Waals surface area contributed by atoms with Crippen LogP contribution in [-0.2, 0) is 6.54 Å². The minimum atomic E-state index is -0.342. The van der Waals surface area contributed by atoms with Crippen LogP contribution in [-0.4, -0.2) is 28.1 Å². The van der Waals surface area contributed by atoms with Gasteiger partial charge in [0.15, 0.2) is 6.39 Å². The van der Waals surface area contributed by atoms with Crippen LogP contribution in [0, 0.1) is 5.92 Å². The lowest BCUT2D eigenvalue weighted by molar-refractivity contribution is 0.0562. The zero-order valence-electron chi connectivity index (χ0n) is 14.1. The monoisotopic (exact) mass is 326 g/mol. The molecular formula is C20H26N2O2. The van der Waals surface area contributed by atoms with Gasteiger partial charge in [0.05, 0.1) is 11.8 Å². The van der Waals surface area contributed by atoms with E-state index in [1.165, 1.54) is 19.3 Å². The molecule has 4 nitrogen and oxygen atoms in total. The molecule has 2 aliphatic rings. The van der Waals surface area contributed by atoms with Crippen molar-refractivity contribution in [1.82, 2.24) is 9.88 Å².